The second-order valence-corrected chi connectivity index (χ2v) is 13.0. The van der Waals surface area contributed by atoms with Crippen molar-refractivity contribution in [3.63, 3.8) is 0 Å². The Morgan fingerprint density at radius 2 is 1.61 bits per heavy atom. The molecule has 0 bridgehead atoms. The van der Waals surface area contributed by atoms with Crippen LogP contribution < -0.4 is 5.32 Å². The van der Waals surface area contributed by atoms with Crippen molar-refractivity contribution >= 4 is 35.5 Å². The molecule has 0 spiro atoms. The summed E-state index contributed by atoms with van der Waals surface area (Å²) in [5.41, 5.74) is -0.323. The highest BCUT2D eigenvalue weighted by molar-refractivity contribution is 8.00. The van der Waals surface area contributed by atoms with E-state index in [1.807, 2.05) is 41.7 Å². The van der Waals surface area contributed by atoms with Crippen molar-refractivity contribution in [2.24, 2.45) is 11.3 Å². The number of hydrogen-bond donors (Lipinski definition) is 3. The predicted molar refractivity (Wildman–Crippen MR) is 141 cm³/mol. The molecule has 3 N–H and O–H groups in total. The highest BCUT2D eigenvalue weighted by Gasteiger charge is 2.45. The number of carbonyl (C=O) groups excluding carboxylic acids is 2. The molecule has 1 aliphatic rings. The average molecular weight is 570 g/mol. The number of carboxylic acids is 2. The first-order valence-corrected chi connectivity index (χ1v) is 13.1. The van der Waals surface area contributed by atoms with Crippen molar-refractivity contribution in [3.8, 4) is 0 Å². The van der Waals surface area contributed by atoms with E-state index in [0.717, 1.165) is 12.3 Å². The molecule has 0 aliphatic carbocycles. The van der Waals surface area contributed by atoms with Crippen LogP contribution in [-0.2, 0) is 19.2 Å². The fraction of sp³-hybridized carbons (Fsp3) is 0.760. The lowest BCUT2D eigenvalue weighted by Gasteiger charge is -2.44. The van der Waals surface area contributed by atoms with E-state index in [0.29, 0.717) is 0 Å². The summed E-state index contributed by atoms with van der Waals surface area (Å²) in [5.74, 6) is -3.17. The van der Waals surface area contributed by atoms with Gasteiger partial charge in [-0.05, 0) is 39.2 Å². The van der Waals surface area contributed by atoms with Gasteiger partial charge in [0.25, 0.3) is 0 Å². The Kier molecular flexibility index (Phi) is 12.9. The van der Waals surface area contributed by atoms with E-state index in [-0.39, 0.29) is 34.1 Å². The van der Waals surface area contributed by atoms with Crippen molar-refractivity contribution in [2.45, 2.75) is 84.4 Å². The van der Waals surface area contributed by atoms with Gasteiger partial charge in [0, 0.05) is 29.7 Å². The van der Waals surface area contributed by atoms with Crippen LogP contribution in [0.25, 0.3) is 0 Å². The number of nitrogens with one attached hydrogen (secondary N) is 1. The van der Waals surface area contributed by atoms with E-state index in [9.17, 15) is 32.7 Å². The zero-order valence-electron chi connectivity index (χ0n) is 23.8. The molecule has 0 aromatic rings. The number of thioether (sulfide) groups is 1. The van der Waals surface area contributed by atoms with Gasteiger partial charge >= 0.3 is 18.1 Å². The highest BCUT2D eigenvalue weighted by atomic mass is 32.2. The first-order chi connectivity index (χ1) is 16.9. The second-order valence-electron chi connectivity index (χ2n) is 11.3. The van der Waals surface area contributed by atoms with E-state index in [1.54, 1.807) is 29.8 Å². The number of aliphatic carboxylic acids is 2. The molecule has 0 aromatic heterocycles. The Morgan fingerprint density at radius 1 is 1.13 bits per heavy atom. The number of halogens is 3. The molecule has 13 heteroatoms. The number of amides is 2. The van der Waals surface area contributed by atoms with Crippen molar-refractivity contribution in [1.29, 1.82) is 0 Å². The van der Waals surface area contributed by atoms with Gasteiger partial charge in [0.15, 0.2) is 0 Å². The molecular weight excluding hydrogens is 527 g/mol. The number of hydrogen-bond acceptors (Lipinski definition) is 6. The Balaban J connectivity index is 0.00000171. The van der Waals surface area contributed by atoms with Crippen LogP contribution in [0.5, 0.6) is 0 Å². The van der Waals surface area contributed by atoms with Crippen LogP contribution in [0.2, 0.25) is 0 Å². The Hall–Kier alpha value is -2.28. The average Bonchev–Trinajstić information content (AvgIpc) is 2.72. The lowest BCUT2D eigenvalue weighted by atomic mass is 9.84. The van der Waals surface area contributed by atoms with Crippen LogP contribution in [0.3, 0.4) is 0 Å². The maximum absolute atomic E-state index is 13.6. The topological polar surface area (TPSA) is 127 Å². The first-order valence-electron chi connectivity index (χ1n) is 12.1. The molecule has 38 heavy (non-hydrogen) atoms. The van der Waals surface area contributed by atoms with E-state index in [4.69, 9.17) is 9.90 Å². The van der Waals surface area contributed by atoms with Crippen LogP contribution in [0.15, 0.2) is 11.6 Å². The number of rotatable bonds is 7. The molecule has 1 saturated heterocycles. The van der Waals surface area contributed by atoms with Gasteiger partial charge in [0.2, 0.25) is 11.8 Å². The van der Waals surface area contributed by atoms with Crippen molar-refractivity contribution in [3.05, 3.63) is 11.6 Å². The summed E-state index contributed by atoms with van der Waals surface area (Å²) >= 11 is 1.77. The van der Waals surface area contributed by atoms with Crippen LogP contribution in [0.1, 0.15) is 55.4 Å². The molecule has 0 radical (unpaired) electrons. The molecule has 1 rings (SSSR count). The minimum atomic E-state index is -5.08. The number of carboxylic acid groups (broad SMARTS) is 2. The summed E-state index contributed by atoms with van der Waals surface area (Å²) in [4.78, 5) is 50.8. The summed E-state index contributed by atoms with van der Waals surface area (Å²) in [6.45, 7) is 16.1. The quantitative estimate of drug-likeness (QED) is 0.398. The van der Waals surface area contributed by atoms with Gasteiger partial charge < -0.3 is 20.4 Å². The Morgan fingerprint density at radius 3 is 1.95 bits per heavy atom. The molecule has 1 heterocycles. The SMILES string of the molecule is C/C(=C\[C@H](C(C)C)N(C)C(=O)[C@@H](NC(=O)C1N(C)CCSC1(C)C)C(C)(C)C)C(=O)O.O=C(O)C(F)(F)F. The van der Waals surface area contributed by atoms with Gasteiger partial charge in [-0.25, -0.2) is 9.59 Å². The lowest BCUT2D eigenvalue weighted by Crippen LogP contribution is -2.63. The molecule has 220 valence electrons. The summed E-state index contributed by atoms with van der Waals surface area (Å²) in [7, 11) is 3.62. The van der Waals surface area contributed by atoms with Crippen LogP contribution in [0, 0.1) is 11.3 Å². The van der Waals surface area contributed by atoms with Gasteiger partial charge in [-0.3, -0.25) is 14.5 Å². The highest BCUT2D eigenvalue weighted by Crippen LogP contribution is 2.35. The number of likely N-dealkylation sites (N-methyl/N-ethyl adjacent to an activating group) is 2. The fourth-order valence-electron chi connectivity index (χ4n) is 4.01. The van der Waals surface area contributed by atoms with E-state index in [1.165, 1.54) is 6.92 Å². The molecule has 1 unspecified atom stereocenters. The number of carbonyl (C=O) groups is 4. The molecule has 2 amide bonds. The number of alkyl halides is 3. The van der Waals surface area contributed by atoms with Gasteiger partial charge in [-0.15, -0.1) is 0 Å². The summed E-state index contributed by atoms with van der Waals surface area (Å²) in [6, 6.07) is -1.47. The summed E-state index contributed by atoms with van der Waals surface area (Å²) in [6.07, 6.45) is -3.47. The third-order valence-corrected chi connectivity index (χ3v) is 7.50. The largest absolute Gasteiger partial charge is 0.490 e. The minimum absolute atomic E-state index is 0.0133. The lowest BCUT2D eigenvalue weighted by molar-refractivity contribution is -0.192. The predicted octanol–water partition coefficient (Wildman–Crippen LogP) is 3.49. The summed E-state index contributed by atoms with van der Waals surface area (Å²) < 4.78 is 31.5. The zero-order valence-corrected chi connectivity index (χ0v) is 24.6. The Bertz CT molecular complexity index is 900. The molecule has 1 aliphatic heterocycles. The van der Waals surface area contributed by atoms with E-state index in [2.05, 4.69) is 24.1 Å². The molecule has 0 saturated carbocycles. The molecule has 9 nitrogen and oxygen atoms in total. The Labute approximate surface area is 227 Å². The minimum Gasteiger partial charge on any atom is -0.478 e. The van der Waals surface area contributed by atoms with Crippen LogP contribution in [-0.4, -0.2) is 99.2 Å². The van der Waals surface area contributed by atoms with Crippen molar-refractivity contribution in [2.75, 3.05) is 26.4 Å². The molecule has 1 fully saturated rings. The maximum Gasteiger partial charge on any atom is 0.490 e. The zero-order chi connectivity index (χ0) is 30.4. The van der Waals surface area contributed by atoms with Gasteiger partial charge in [-0.1, -0.05) is 40.7 Å². The number of nitrogens with zero attached hydrogens (tertiary/aromatic N) is 2. The van der Waals surface area contributed by atoms with Gasteiger partial charge in [0.1, 0.15) is 12.1 Å². The van der Waals surface area contributed by atoms with E-state index >= 15 is 0 Å². The van der Waals surface area contributed by atoms with Crippen LogP contribution >= 0.6 is 11.8 Å². The first kappa shape index (κ1) is 35.7. The van der Waals surface area contributed by atoms with Gasteiger partial charge in [-0.2, -0.15) is 24.9 Å². The van der Waals surface area contributed by atoms with Gasteiger partial charge in [0.05, 0.1) is 6.04 Å². The smallest absolute Gasteiger partial charge is 0.478 e. The maximum atomic E-state index is 13.6. The van der Waals surface area contributed by atoms with Crippen molar-refractivity contribution < 1.29 is 42.6 Å². The molecular formula is C25H42F3N3O6S. The second kappa shape index (κ2) is 13.7. The standard InChI is InChI=1S/C23H41N3O4S.C2HF3O2/c1-14(2)16(13-15(3)21(29)30)26(10)20(28)17(22(4,5)6)24-19(27)18-23(7,8)31-12-11-25(18)9;3-2(4,5)1(6)7/h13-14,16-18H,11-12H2,1-10H3,(H,24,27)(H,29,30);(H,6,7)/b15-13+;/t16-,17-,18?;/m1./s1. The normalized spacial score (nSPS) is 20.1. The summed E-state index contributed by atoms with van der Waals surface area (Å²) in [5, 5.41) is 19.4. The third kappa shape index (κ3) is 10.5. The van der Waals surface area contributed by atoms with E-state index < -0.39 is 35.6 Å². The fourth-order valence-corrected chi connectivity index (χ4v) is 5.36. The monoisotopic (exact) mass is 569 g/mol. The molecule has 3 atom stereocenters. The van der Waals surface area contributed by atoms with Crippen molar-refractivity contribution in [1.82, 2.24) is 15.1 Å². The molecule has 0 aromatic carbocycles. The third-order valence-electron chi connectivity index (χ3n) is 6.14. The van der Waals surface area contributed by atoms with Crippen LogP contribution in [0.4, 0.5) is 13.2 Å².